The molecule has 0 saturated carbocycles. The molecule has 0 fully saturated rings. The average Bonchev–Trinajstić information content (AvgIpc) is 3.44. The van der Waals surface area contributed by atoms with E-state index in [1.165, 1.54) is 33.4 Å². The monoisotopic (exact) mass is 569 g/mol. The van der Waals surface area contributed by atoms with Crippen LogP contribution in [0.3, 0.4) is 0 Å². The van der Waals surface area contributed by atoms with E-state index in [1.807, 2.05) is 12.1 Å². The van der Waals surface area contributed by atoms with Crippen molar-refractivity contribution in [2.24, 2.45) is 0 Å². The molecular weight excluding hydrogens is 534 g/mol. The van der Waals surface area contributed by atoms with Gasteiger partial charge in [-0.25, -0.2) is 0 Å². The van der Waals surface area contributed by atoms with Gasteiger partial charge in [0.2, 0.25) is 0 Å². The summed E-state index contributed by atoms with van der Waals surface area (Å²) in [5.74, 6) is 0. The molecule has 1 aromatic heterocycles. The van der Waals surface area contributed by atoms with Crippen molar-refractivity contribution in [1.82, 2.24) is 0 Å². The topological polar surface area (TPSA) is 16.4 Å². The van der Waals surface area contributed by atoms with E-state index in [0.29, 0.717) is 0 Å². The minimum atomic E-state index is -0.0258. The quantitative estimate of drug-likeness (QED) is 0.210. The fraction of sp³-hybridized carbons (Fsp3) is 0.143. The van der Waals surface area contributed by atoms with Gasteiger partial charge in [0.05, 0.1) is 5.69 Å². The third kappa shape index (κ3) is 3.80. The van der Waals surface area contributed by atoms with E-state index < -0.39 is 0 Å². The predicted octanol–water partition coefficient (Wildman–Crippen LogP) is 12.0. The standard InChI is InChI=1S/C42H35NO/c1-41(2)35-20-10-8-17-34(35)39-31(18-12-21-36(39)42(41,3)4)28-24-26-30(27-25-28)43(29-14-6-5-7-15-29)37-22-13-19-33-32-16-9-11-23-38(32)44-40(33)37/h5-27H,1-4H3. The summed E-state index contributed by atoms with van der Waals surface area (Å²) in [5, 5.41) is 2.25. The number of para-hydroxylation sites is 3. The first-order valence-electron chi connectivity index (χ1n) is 15.5. The summed E-state index contributed by atoms with van der Waals surface area (Å²) in [6, 6.07) is 50.1. The van der Waals surface area contributed by atoms with Crippen molar-refractivity contribution in [3.05, 3.63) is 151 Å². The van der Waals surface area contributed by atoms with Gasteiger partial charge in [-0.3, -0.25) is 0 Å². The molecule has 0 atom stereocenters. The number of anilines is 3. The summed E-state index contributed by atoms with van der Waals surface area (Å²) in [5.41, 5.74) is 13.0. The summed E-state index contributed by atoms with van der Waals surface area (Å²) in [6.07, 6.45) is 0. The number of benzene rings is 6. The number of hydrogen-bond acceptors (Lipinski definition) is 2. The van der Waals surface area contributed by atoms with Gasteiger partial charge in [-0.05, 0) is 80.6 Å². The first-order valence-corrected chi connectivity index (χ1v) is 15.5. The van der Waals surface area contributed by atoms with Crippen molar-refractivity contribution in [2.75, 3.05) is 4.90 Å². The Bertz CT molecular complexity index is 2170. The van der Waals surface area contributed by atoms with Crippen LogP contribution in [0.1, 0.15) is 38.8 Å². The minimum absolute atomic E-state index is 0.00688. The lowest BCUT2D eigenvalue weighted by atomic mass is 9.55. The van der Waals surface area contributed by atoms with Gasteiger partial charge < -0.3 is 9.32 Å². The number of furan rings is 1. The van der Waals surface area contributed by atoms with E-state index in [9.17, 15) is 0 Å². The van der Waals surface area contributed by atoms with Crippen molar-refractivity contribution < 1.29 is 4.42 Å². The maximum absolute atomic E-state index is 6.49. The van der Waals surface area contributed by atoms with Gasteiger partial charge in [-0.2, -0.15) is 0 Å². The maximum Gasteiger partial charge on any atom is 0.159 e. The summed E-state index contributed by atoms with van der Waals surface area (Å²) in [6.45, 7) is 9.56. The maximum atomic E-state index is 6.49. The number of hydrogen-bond donors (Lipinski definition) is 0. The van der Waals surface area contributed by atoms with Gasteiger partial charge in [0.15, 0.2) is 5.58 Å². The highest BCUT2D eigenvalue weighted by Gasteiger charge is 2.46. The molecule has 0 spiro atoms. The molecule has 0 N–H and O–H groups in total. The highest BCUT2D eigenvalue weighted by Crippen LogP contribution is 2.56. The van der Waals surface area contributed by atoms with Crippen LogP contribution in [0.2, 0.25) is 0 Å². The molecule has 7 aromatic rings. The van der Waals surface area contributed by atoms with E-state index in [0.717, 1.165) is 39.0 Å². The zero-order valence-electron chi connectivity index (χ0n) is 25.6. The van der Waals surface area contributed by atoms with Crippen molar-refractivity contribution in [2.45, 2.75) is 38.5 Å². The van der Waals surface area contributed by atoms with Gasteiger partial charge in [0.25, 0.3) is 0 Å². The zero-order valence-corrected chi connectivity index (χ0v) is 25.6. The van der Waals surface area contributed by atoms with E-state index >= 15 is 0 Å². The third-order valence-electron chi connectivity index (χ3n) is 10.2. The molecule has 8 rings (SSSR count). The van der Waals surface area contributed by atoms with Crippen LogP contribution < -0.4 is 4.90 Å². The van der Waals surface area contributed by atoms with E-state index in [-0.39, 0.29) is 10.8 Å². The van der Waals surface area contributed by atoms with Crippen LogP contribution >= 0.6 is 0 Å². The lowest BCUT2D eigenvalue weighted by Gasteiger charge is -2.48. The highest BCUT2D eigenvalue weighted by atomic mass is 16.3. The Morgan fingerprint density at radius 2 is 1.07 bits per heavy atom. The number of nitrogens with zero attached hydrogens (tertiary/aromatic N) is 1. The fourth-order valence-corrected chi connectivity index (χ4v) is 7.23. The van der Waals surface area contributed by atoms with Crippen molar-refractivity contribution in [3.63, 3.8) is 0 Å². The summed E-state index contributed by atoms with van der Waals surface area (Å²) in [4.78, 5) is 2.30. The minimum Gasteiger partial charge on any atom is -0.454 e. The normalized spacial score (nSPS) is 14.7. The van der Waals surface area contributed by atoms with E-state index in [2.05, 4.69) is 160 Å². The Labute approximate surface area is 259 Å². The Balaban J connectivity index is 1.29. The molecule has 1 heterocycles. The largest absolute Gasteiger partial charge is 0.454 e. The van der Waals surface area contributed by atoms with Crippen molar-refractivity contribution in [3.8, 4) is 22.3 Å². The third-order valence-corrected chi connectivity index (χ3v) is 10.2. The van der Waals surface area contributed by atoms with Gasteiger partial charge >= 0.3 is 0 Å². The molecule has 44 heavy (non-hydrogen) atoms. The molecule has 6 aromatic carbocycles. The Morgan fingerprint density at radius 3 is 1.89 bits per heavy atom. The van der Waals surface area contributed by atoms with Crippen LogP contribution in [0.5, 0.6) is 0 Å². The average molecular weight is 570 g/mol. The lowest BCUT2D eigenvalue weighted by Crippen LogP contribution is -2.43. The van der Waals surface area contributed by atoms with Crippen LogP contribution in [0.15, 0.2) is 144 Å². The van der Waals surface area contributed by atoms with E-state index in [1.54, 1.807) is 0 Å². The van der Waals surface area contributed by atoms with Crippen LogP contribution in [0.25, 0.3) is 44.2 Å². The van der Waals surface area contributed by atoms with E-state index in [4.69, 9.17) is 4.42 Å². The van der Waals surface area contributed by atoms with Gasteiger partial charge in [0.1, 0.15) is 5.58 Å². The van der Waals surface area contributed by atoms with Gasteiger partial charge in [0, 0.05) is 22.1 Å². The molecule has 2 nitrogen and oxygen atoms in total. The molecule has 1 aliphatic rings. The predicted molar refractivity (Wildman–Crippen MR) is 185 cm³/mol. The van der Waals surface area contributed by atoms with Crippen molar-refractivity contribution >= 4 is 39.0 Å². The first-order chi connectivity index (χ1) is 21.4. The Kier molecular flexibility index (Phi) is 5.86. The van der Waals surface area contributed by atoms with Gasteiger partial charge in [-0.15, -0.1) is 0 Å². The summed E-state index contributed by atoms with van der Waals surface area (Å²) in [7, 11) is 0. The molecule has 0 radical (unpaired) electrons. The molecule has 2 heteroatoms. The smallest absolute Gasteiger partial charge is 0.159 e. The number of rotatable bonds is 4. The SMILES string of the molecule is CC1(C)c2ccccc2-c2c(-c3ccc(N(c4ccccc4)c4cccc5c4oc4ccccc45)cc3)cccc2C1(C)C. The molecule has 0 unspecified atom stereocenters. The number of fused-ring (bicyclic) bond motifs is 6. The van der Waals surface area contributed by atoms with Crippen LogP contribution in [-0.2, 0) is 10.8 Å². The Hall–Kier alpha value is -5.08. The fourth-order valence-electron chi connectivity index (χ4n) is 7.23. The molecule has 0 saturated heterocycles. The van der Waals surface area contributed by atoms with Crippen LogP contribution in [-0.4, -0.2) is 0 Å². The van der Waals surface area contributed by atoms with Crippen LogP contribution in [0, 0.1) is 0 Å². The molecule has 1 aliphatic carbocycles. The Morgan fingerprint density at radius 1 is 0.477 bits per heavy atom. The molecule has 214 valence electrons. The second-order valence-electron chi connectivity index (χ2n) is 13.0. The van der Waals surface area contributed by atoms with Crippen LogP contribution in [0.4, 0.5) is 17.1 Å². The summed E-state index contributed by atoms with van der Waals surface area (Å²) < 4.78 is 6.49. The lowest BCUT2D eigenvalue weighted by molar-refractivity contribution is 0.299. The highest BCUT2D eigenvalue weighted by molar-refractivity contribution is 6.10. The zero-order chi connectivity index (χ0) is 30.1. The molecule has 0 bridgehead atoms. The van der Waals surface area contributed by atoms with Gasteiger partial charge in [-0.1, -0.05) is 131 Å². The summed E-state index contributed by atoms with van der Waals surface area (Å²) >= 11 is 0. The molecule has 0 amide bonds. The molecular formula is C42H35NO. The second-order valence-corrected chi connectivity index (χ2v) is 13.0. The van der Waals surface area contributed by atoms with Crippen molar-refractivity contribution in [1.29, 1.82) is 0 Å². The molecule has 0 aliphatic heterocycles. The second kappa shape index (κ2) is 9.72. The first kappa shape index (κ1) is 26.5.